The largest absolute Gasteiger partial charge is 0.508 e. The zero-order chi connectivity index (χ0) is 22.1. The first kappa shape index (κ1) is 20.1. The third-order valence-corrected chi connectivity index (χ3v) is 5.87. The van der Waals surface area contributed by atoms with Crippen LogP contribution in [0.2, 0.25) is 0 Å². The van der Waals surface area contributed by atoms with E-state index in [0.29, 0.717) is 60.4 Å². The number of carbonyl (C=O) groups is 2. The topological polar surface area (TPSA) is 87.1 Å². The predicted octanol–water partition coefficient (Wildman–Crippen LogP) is 3.92. The highest BCUT2D eigenvalue weighted by Gasteiger charge is 2.26. The number of furan rings is 2. The molecule has 7 heteroatoms. The van der Waals surface area contributed by atoms with Gasteiger partial charge in [0.15, 0.2) is 5.76 Å². The van der Waals surface area contributed by atoms with Crippen LogP contribution in [0.1, 0.15) is 32.0 Å². The first-order chi connectivity index (χ1) is 15.6. The van der Waals surface area contributed by atoms with Gasteiger partial charge >= 0.3 is 0 Å². The number of nitrogens with zero attached hydrogens (tertiary/aromatic N) is 2. The van der Waals surface area contributed by atoms with Crippen LogP contribution in [0.15, 0.2) is 76.0 Å². The number of ketones is 1. The smallest absolute Gasteiger partial charge is 0.253 e. The van der Waals surface area contributed by atoms with E-state index in [2.05, 4.69) is 4.90 Å². The van der Waals surface area contributed by atoms with Gasteiger partial charge in [0.25, 0.3) is 5.91 Å². The lowest BCUT2D eigenvalue weighted by molar-refractivity contribution is 0.0627. The minimum atomic E-state index is -0.293. The predicted molar refractivity (Wildman–Crippen MR) is 118 cm³/mol. The monoisotopic (exact) mass is 430 g/mol. The Balaban J connectivity index is 1.36. The summed E-state index contributed by atoms with van der Waals surface area (Å²) in [6, 6.07) is 15.8. The lowest BCUT2D eigenvalue weighted by Gasteiger charge is -2.35. The number of fused-ring (bicyclic) bond motifs is 1. The molecule has 162 valence electrons. The Labute approximate surface area is 184 Å². The average molecular weight is 430 g/mol. The Morgan fingerprint density at radius 3 is 2.41 bits per heavy atom. The molecule has 1 aliphatic heterocycles. The van der Waals surface area contributed by atoms with Crippen molar-refractivity contribution < 1.29 is 23.5 Å². The van der Waals surface area contributed by atoms with E-state index in [1.807, 2.05) is 35.2 Å². The second-order valence-corrected chi connectivity index (χ2v) is 7.83. The van der Waals surface area contributed by atoms with Gasteiger partial charge in [0.1, 0.15) is 17.6 Å². The zero-order valence-electron chi connectivity index (χ0n) is 17.4. The molecule has 1 aliphatic rings. The van der Waals surface area contributed by atoms with Gasteiger partial charge in [-0.15, -0.1) is 0 Å². The van der Waals surface area contributed by atoms with E-state index in [4.69, 9.17) is 8.83 Å². The summed E-state index contributed by atoms with van der Waals surface area (Å²) in [7, 11) is 0. The van der Waals surface area contributed by atoms with Crippen molar-refractivity contribution in [1.82, 2.24) is 9.80 Å². The highest BCUT2D eigenvalue weighted by molar-refractivity contribution is 6.15. The van der Waals surface area contributed by atoms with Gasteiger partial charge < -0.3 is 18.8 Å². The van der Waals surface area contributed by atoms with Crippen molar-refractivity contribution in [2.45, 2.75) is 6.54 Å². The van der Waals surface area contributed by atoms with Crippen molar-refractivity contribution in [3.8, 4) is 5.75 Å². The molecule has 5 rings (SSSR count). The van der Waals surface area contributed by atoms with E-state index in [9.17, 15) is 14.7 Å². The molecule has 0 unspecified atom stereocenters. The zero-order valence-corrected chi connectivity index (χ0v) is 17.4. The summed E-state index contributed by atoms with van der Waals surface area (Å²) in [5, 5.41) is 11.2. The van der Waals surface area contributed by atoms with Crippen molar-refractivity contribution in [1.29, 1.82) is 0 Å². The Bertz CT molecular complexity index is 1250. The molecule has 2 aromatic carbocycles. The maximum absolute atomic E-state index is 12.9. The number of carbonyl (C=O) groups excluding carboxylic acids is 2. The normalized spacial score (nSPS) is 14.7. The fourth-order valence-corrected chi connectivity index (χ4v) is 4.15. The van der Waals surface area contributed by atoms with Crippen LogP contribution in [0, 0.1) is 0 Å². The maximum atomic E-state index is 12.9. The third kappa shape index (κ3) is 3.67. The van der Waals surface area contributed by atoms with E-state index < -0.39 is 0 Å². The molecule has 7 nitrogen and oxygen atoms in total. The molecule has 0 radical (unpaired) electrons. The van der Waals surface area contributed by atoms with Crippen molar-refractivity contribution in [3.63, 3.8) is 0 Å². The van der Waals surface area contributed by atoms with Crippen LogP contribution >= 0.6 is 0 Å². The van der Waals surface area contributed by atoms with Crippen LogP contribution < -0.4 is 0 Å². The van der Waals surface area contributed by atoms with Crippen molar-refractivity contribution >= 4 is 22.7 Å². The summed E-state index contributed by atoms with van der Waals surface area (Å²) in [6.45, 7) is 2.94. The molecule has 0 atom stereocenters. The Hall–Kier alpha value is -3.84. The number of amides is 1. The minimum absolute atomic E-state index is 0.0244. The van der Waals surface area contributed by atoms with Crippen LogP contribution in [-0.4, -0.2) is 52.8 Å². The Morgan fingerprint density at radius 1 is 0.906 bits per heavy atom. The number of hydrogen-bond acceptors (Lipinski definition) is 6. The van der Waals surface area contributed by atoms with Gasteiger partial charge in [-0.25, -0.2) is 0 Å². The molecule has 3 heterocycles. The molecule has 32 heavy (non-hydrogen) atoms. The molecule has 1 fully saturated rings. The standard InChI is InChI=1S/C25H22N2O5/c28-20-8-9-21-23(19(16-32-21)24(29)22-7-4-14-31-22)18(20)15-26-10-12-27(13-11-26)25(30)17-5-2-1-3-6-17/h1-9,14,16,28H,10-13,15H2. The maximum Gasteiger partial charge on any atom is 0.253 e. The van der Waals surface area contributed by atoms with Crippen molar-refractivity contribution in [2.24, 2.45) is 0 Å². The fourth-order valence-electron chi connectivity index (χ4n) is 4.15. The molecule has 2 aromatic heterocycles. The molecule has 0 spiro atoms. The number of piperazine rings is 1. The van der Waals surface area contributed by atoms with Crippen molar-refractivity contribution in [3.05, 3.63) is 89.6 Å². The number of phenolic OH excluding ortho intramolecular Hbond substituents is 1. The van der Waals surface area contributed by atoms with Crippen LogP contribution in [0.3, 0.4) is 0 Å². The minimum Gasteiger partial charge on any atom is -0.508 e. The van der Waals surface area contributed by atoms with Gasteiger partial charge in [-0.1, -0.05) is 18.2 Å². The Morgan fingerprint density at radius 2 is 1.69 bits per heavy atom. The summed E-state index contributed by atoms with van der Waals surface area (Å²) >= 11 is 0. The van der Waals surface area contributed by atoms with Gasteiger partial charge in [-0.2, -0.15) is 0 Å². The molecule has 1 N–H and O–H groups in total. The molecule has 1 saturated heterocycles. The molecule has 1 amide bonds. The first-order valence-corrected chi connectivity index (χ1v) is 10.5. The molecular weight excluding hydrogens is 408 g/mol. The lowest BCUT2D eigenvalue weighted by atomic mass is 10.0. The quantitative estimate of drug-likeness (QED) is 0.483. The summed E-state index contributed by atoms with van der Waals surface area (Å²) in [5.41, 5.74) is 2.21. The number of phenols is 1. The number of rotatable bonds is 5. The average Bonchev–Trinajstić information content (AvgIpc) is 3.52. The summed E-state index contributed by atoms with van der Waals surface area (Å²) in [5.74, 6) is 0.0560. The summed E-state index contributed by atoms with van der Waals surface area (Å²) in [6.07, 6.45) is 2.86. The van der Waals surface area contributed by atoms with Crippen LogP contribution in [0.25, 0.3) is 11.0 Å². The van der Waals surface area contributed by atoms with E-state index >= 15 is 0 Å². The van der Waals surface area contributed by atoms with E-state index in [1.54, 1.807) is 24.3 Å². The number of hydrogen-bond donors (Lipinski definition) is 1. The lowest BCUT2D eigenvalue weighted by Crippen LogP contribution is -2.48. The summed E-state index contributed by atoms with van der Waals surface area (Å²) < 4.78 is 10.9. The van der Waals surface area contributed by atoms with Crippen LogP contribution in [0.4, 0.5) is 0 Å². The van der Waals surface area contributed by atoms with Crippen molar-refractivity contribution in [2.75, 3.05) is 26.2 Å². The fraction of sp³-hybridized carbons (Fsp3) is 0.200. The van der Waals surface area contributed by atoms with E-state index in [-0.39, 0.29) is 23.2 Å². The number of benzene rings is 2. The van der Waals surface area contributed by atoms with Gasteiger partial charge in [-0.3, -0.25) is 14.5 Å². The van der Waals surface area contributed by atoms with Gasteiger partial charge in [0.05, 0.1) is 11.8 Å². The van der Waals surface area contributed by atoms with Gasteiger partial charge in [-0.05, 0) is 36.4 Å². The van der Waals surface area contributed by atoms with Crippen LogP contribution in [-0.2, 0) is 6.54 Å². The molecule has 0 aliphatic carbocycles. The Kier molecular flexibility index (Phi) is 5.25. The summed E-state index contributed by atoms with van der Waals surface area (Å²) in [4.78, 5) is 29.6. The first-order valence-electron chi connectivity index (χ1n) is 10.5. The molecular formula is C25H22N2O5. The number of aromatic hydroxyl groups is 1. The second-order valence-electron chi connectivity index (χ2n) is 7.83. The van der Waals surface area contributed by atoms with E-state index in [1.165, 1.54) is 12.5 Å². The highest BCUT2D eigenvalue weighted by Crippen LogP contribution is 2.34. The van der Waals surface area contributed by atoms with E-state index in [0.717, 1.165) is 0 Å². The second kappa shape index (κ2) is 8.36. The molecule has 4 aromatic rings. The SMILES string of the molecule is O=C(c1ccco1)c1coc2ccc(O)c(CN3CCN(C(=O)c4ccccc4)CC3)c12. The third-order valence-electron chi connectivity index (χ3n) is 5.87. The van der Waals surface area contributed by atoms with Crippen LogP contribution in [0.5, 0.6) is 5.75 Å². The molecule has 0 saturated carbocycles. The highest BCUT2D eigenvalue weighted by atomic mass is 16.3. The molecule has 0 bridgehead atoms. The van der Waals surface area contributed by atoms with Gasteiger partial charge in [0.2, 0.25) is 5.78 Å². The van der Waals surface area contributed by atoms with Gasteiger partial charge in [0, 0.05) is 49.2 Å².